The van der Waals surface area contributed by atoms with Crippen LogP contribution in [0.3, 0.4) is 0 Å². The molecule has 0 spiro atoms. The Hall–Kier alpha value is -0.620. The van der Waals surface area contributed by atoms with Gasteiger partial charge < -0.3 is 15.0 Å². The molecular weight excluding hydrogens is 356 g/mol. The van der Waals surface area contributed by atoms with Crippen molar-refractivity contribution in [2.24, 2.45) is 0 Å². The van der Waals surface area contributed by atoms with Crippen molar-refractivity contribution in [3.63, 3.8) is 0 Å². The Morgan fingerprint density at radius 1 is 1.43 bits per heavy atom. The molecule has 1 aliphatic rings. The molecule has 4 nitrogen and oxygen atoms in total. The maximum absolute atomic E-state index is 12.7. The average Bonchev–Trinajstić information content (AvgIpc) is 2.47. The van der Waals surface area contributed by atoms with E-state index in [2.05, 4.69) is 21.2 Å². The largest absolute Gasteiger partial charge is 0.368 e. The van der Waals surface area contributed by atoms with Crippen molar-refractivity contribution in [3.05, 3.63) is 34.3 Å². The van der Waals surface area contributed by atoms with Gasteiger partial charge in [0.1, 0.15) is 5.60 Å². The summed E-state index contributed by atoms with van der Waals surface area (Å²) in [7, 11) is 3.47. The number of nitrogens with one attached hydrogen (secondary N) is 1. The highest BCUT2D eigenvalue weighted by Gasteiger charge is 2.41. The van der Waals surface area contributed by atoms with Crippen LogP contribution < -0.4 is 5.32 Å². The summed E-state index contributed by atoms with van der Waals surface area (Å²) in [6, 6.07) is 8.02. The molecule has 0 aromatic heterocycles. The molecule has 2 rings (SSSR count). The number of nitrogens with zero attached hydrogens (tertiary/aromatic N) is 1. The highest BCUT2D eigenvalue weighted by atomic mass is 79.9. The van der Waals surface area contributed by atoms with Gasteiger partial charge in [0, 0.05) is 25.2 Å². The second-order valence-corrected chi connectivity index (χ2v) is 6.16. The molecule has 1 aromatic carbocycles. The fraction of sp³-hybridized carbons (Fsp3) is 0.533. The van der Waals surface area contributed by atoms with Gasteiger partial charge in [-0.05, 0) is 43.6 Å². The maximum Gasteiger partial charge on any atom is 0.254 e. The number of halogens is 2. The van der Waals surface area contributed by atoms with Gasteiger partial charge >= 0.3 is 0 Å². The van der Waals surface area contributed by atoms with Crippen molar-refractivity contribution in [1.82, 2.24) is 10.2 Å². The predicted molar refractivity (Wildman–Crippen MR) is 89.7 cm³/mol. The van der Waals surface area contributed by atoms with E-state index in [0.29, 0.717) is 6.54 Å². The van der Waals surface area contributed by atoms with Crippen LogP contribution >= 0.6 is 28.3 Å². The molecule has 1 heterocycles. The number of methoxy groups -OCH3 is 1. The second-order valence-electron chi connectivity index (χ2n) is 5.24. The van der Waals surface area contributed by atoms with Crippen LogP contribution in [0.4, 0.5) is 0 Å². The Morgan fingerprint density at radius 2 is 2.10 bits per heavy atom. The number of hydrogen-bond acceptors (Lipinski definition) is 3. The lowest BCUT2D eigenvalue weighted by Crippen LogP contribution is -2.54. The van der Waals surface area contributed by atoms with Crippen molar-refractivity contribution in [1.29, 1.82) is 0 Å². The van der Waals surface area contributed by atoms with Gasteiger partial charge in [-0.1, -0.05) is 28.1 Å². The molecule has 21 heavy (non-hydrogen) atoms. The molecule has 118 valence electrons. The Balaban J connectivity index is 0.00000220. The normalized spacial score (nSPS) is 16.9. The smallest absolute Gasteiger partial charge is 0.254 e. The minimum Gasteiger partial charge on any atom is -0.368 e. The molecule has 1 aliphatic heterocycles. The van der Waals surface area contributed by atoms with E-state index in [-0.39, 0.29) is 18.3 Å². The van der Waals surface area contributed by atoms with Gasteiger partial charge in [0.25, 0.3) is 5.91 Å². The fourth-order valence-corrected chi connectivity index (χ4v) is 3.11. The zero-order valence-electron chi connectivity index (χ0n) is 12.4. The number of amides is 1. The lowest BCUT2D eigenvalue weighted by molar-refractivity contribution is -0.157. The van der Waals surface area contributed by atoms with E-state index < -0.39 is 5.60 Å². The van der Waals surface area contributed by atoms with E-state index in [1.165, 1.54) is 0 Å². The second kappa shape index (κ2) is 8.13. The summed E-state index contributed by atoms with van der Waals surface area (Å²) in [5.41, 5.74) is 0.446. The first-order chi connectivity index (χ1) is 9.57. The molecule has 0 bridgehead atoms. The van der Waals surface area contributed by atoms with E-state index in [0.717, 1.165) is 36.0 Å². The highest BCUT2D eigenvalue weighted by Crippen LogP contribution is 2.25. The standard InChI is InChI=1S/C15H21BrN2O2.ClH/c1-18(11-12-4-3-5-13(16)10-12)14(19)15(20-2)6-8-17-9-7-15;/h3-5,10,17H,6-9,11H2,1-2H3;1H. The third-order valence-electron chi connectivity index (χ3n) is 3.85. The summed E-state index contributed by atoms with van der Waals surface area (Å²) in [5, 5.41) is 3.27. The van der Waals surface area contributed by atoms with Gasteiger partial charge in [-0.25, -0.2) is 0 Å². The quantitative estimate of drug-likeness (QED) is 0.877. The van der Waals surface area contributed by atoms with Crippen molar-refractivity contribution in [2.45, 2.75) is 25.0 Å². The van der Waals surface area contributed by atoms with E-state index in [1.54, 1.807) is 12.0 Å². The van der Waals surface area contributed by atoms with Crippen LogP contribution in [0.5, 0.6) is 0 Å². The summed E-state index contributed by atoms with van der Waals surface area (Å²) in [5.74, 6) is 0.0708. The first-order valence-electron chi connectivity index (χ1n) is 6.83. The van der Waals surface area contributed by atoms with Crippen LogP contribution in [0.15, 0.2) is 28.7 Å². The monoisotopic (exact) mass is 376 g/mol. The first-order valence-corrected chi connectivity index (χ1v) is 7.62. The summed E-state index contributed by atoms with van der Waals surface area (Å²) in [4.78, 5) is 14.5. The van der Waals surface area contributed by atoms with Crippen molar-refractivity contribution < 1.29 is 9.53 Å². The van der Waals surface area contributed by atoms with E-state index in [9.17, 15) is 4.79 Å². The molecule has 6 heteroatoms. The molecule has 1 aromatic rings. The molecule has 1 N–H and O–H groups in total. The van der Waals surface area contributed by atoms with E-state index in [1.807, 2.05) is 31.3 Å². The van der Waals surface area contributed by atoms with Gasteiger partial charge in [-0.15, -0.1) is 12.4 Å². The number of ether oxygens (including phenoxy) is 1. The summed E-state index contributed by atoms with van der Waals surface area (Å²) in [6.07, 6.45) is 1.45. The van der Waals surface area contributed by atoms with Gasteiger partial charge in [0.05, 0.1) is 0 Å². The lowest BCUT2D eigenvalue weighted by Gasteiger charge is -2.37. The van der Waals surface area contributed by atoms with Crippen molar-refractivity contribution in [3.8, 4) is 0 Å². The molecule has 0 unspecified atom stereocenters. The predicted octanol–water partition coefficient (Wildman–Crippen LogP) is 2.60. The molecule has 1 amide bonds. The number of likely N-dealkylation sites (N-methyl/N-ethyl adjacent to an activating group) is 1. The van der Waals surface area contributed by atoms with Crippen molar-refractivity contribution in [2.75, 3.05) is 27.2 Å². The first kappa shape index (κ1) is 18.4. The van der Waals surface area contributed by atoms with Crippen LogP contribution in [-0.4, -0.2) is 43.7 Å². The van der Waals surface area contributed by atoms with Crippen LogP contribution in [0.25, 0.3) is 0 Å². The third-order valence-corrected chi connectivity index (χ3v) is 4.34. The Labute approximate surface area is 140 Å². The number of rotatable bonds is 4. The number of carbonyl (C=O) groups is 1. The van der Waals surface area contributed by atoms with Gasteiger partial charge in [-0.2, -0.15) is 0 Å². The van der Waals surface area contributed by atoms with Crippen LogP contribution in [-0.2, 0) is 16.1 Å². The van der Waals surface area contributed by atoms with E-state index in [4.69, 9.17) is 4.74 Å². The van der Waals surface area contributed by atoms with Crippen LogP contribution in [0, 0.1) is 0 Å². The Kier molecular flexibility index (Phi) is 7.13. The van der Waals surface area contributed by atoms with E-state index >= 15 is 0 Å². The zero-order valence-corrected chi connectivity index (χ0v) is 14.8. The zero-order chi connectivity index (χ0) is 14.6. The number of benzene rings is 1. The minimum atomic E-state index is -0.661. The topological polar surface area (TPSA) is 41.6 Å². The Bertz CT molecular complexity index is 478. The molecule has 0 radical (unpaired) electrons. The highest BCUT2D eigenvalue weighted by molar-refractivity contribution is 9.10. The SMILES string of the molecule is COC1(C(=O)N(C)Cc2cccc(Br)c2)CCNCC1.Cl. The average molecular weight is 378 g/mol. The number of hydrogen-bond donors (Lipinski definition) is 1. The molecule has 0 aliphatic carbocycles. The van der Waals surface area contributed by atoms with Gasteiger partial charge in [-0.3, -0.25) is 4.79 Å². The maximum atomic E-state index is 12.7. The van der Waals surface area contributed by atoms with Crippen molar-refractivity contribution >= 4 is 34.2 Å². The van der Waals surface area contributed by atoms with Crippen LogP contribution in [0.2, 0.25) is 0 Å². The molecule has 1 fully saturated rings. The molecule has 0 atom stereocenters. The summed E-state index contributed by atoms with van der Waals surface area (Å²) in [6.45, 7) is 2.24. The summed E-state index contributed by atoms with van der Waals surface area (Å²) >= 11 is 3.45. The lowest BCUT2D eigenvalue weighted by atomic mass is 9.90. The Morgan fingerprint density at radius 3 is 2.67 bits per heavy atom. The minimum absolute atomic E-state index is 0. The third kappa shape index (κ3) is 4.42. The fourth-order valence-electron chi connectivity index (χ4n) is 2.66. The number of piperidine rings is 1. The van der Waals surface area contributed by atoms with Gasteiger partial charge in [0.2, 0.25) is 0 Å². The van der Waals surface area contributed by atoms with Crippen LogP contribution in [0.1, 0.15) is 18.4 Å². The molecule has 1 saturated heterocycles. The van der Waals surface area contributed by atoms with Gasteiger partial charge in [0.15, 0.2) is 0 Å². The molecular formula is C15H22BrClN2O2. The summed E-state index contributed by atoms with van der Waals surface area (Å²) < 4.78 is 6.61. The molecule has 0 saturated carbocycles. The number of carbonyl (C=O) groups excluding carboxylic acids is 1.